The van der Waals surface area contributed by atoms with E-state index >= 15 is 0 Å². The Bertz CT molecular complexity index is 684. The smallest absolute Gasteiger partial charge is 0.416 e. The molecule has 2 rings (SSSR count). The molecule has 2 aromatic rings. The quantitative estimate of drug-likeness (QED) is 0.913. The molecule has 7 heteroatoms. The predicted octanol–water partition coefficient (Wildman–Crippen LogP) is 2.98. The summed E-state index contributed by atoms with van der Waals surface area (Å²) < 4.78 is 38.0. The van der Waals surface area contributed by atoms with Crippen molar-refractivity contribution in [2.75, 3.05) is 5.73 Å². The van der Waals surface area contributed by atoms with Gasteiger partial charge >= 0.3 is 12.1 Å². The van der Waals surface area contributed by atoms with Crippen LogP contribution in [-0.2, 0) is 17.4 Å². The molecule has 0 fully saturated rings. The van der Waals surface area contributed by atoms with Crippen molar-refractivity contribution >= 4 is 11.8 Å². The summed E-state index contributed by atoms with van der Waals surface area (Å²) in [6.07, 6.45) is -4.74. The molecule has 1 heterocycles. The molecule has 0 radical (unpaired) electrons. The minimum Gasteiger partial charge on any atom is -0.481 e. The van der Waals surface area contributed by atoms with Crippen molar-refractivity contribution in [2.24, 2.45) is 0 Å². The van der Waals surface area contributed by atoms with Gasteiger partial charge in [-0.15, -0.1) is 0 Å². The first-order valence-electron chi connectivity index (χ1n) is 5.92. The van der Waals surface area contributed by atoms with Crippen molar-refractivity contribution < 1.29 is 23.1 Å². The second-order valence-electron chi connectivity index (χ2n) is 4.38. The summed E-state index contributed by atoms with van der Waals surface area (Å²) in [6.45, 7) is 0. The Morgan fingerprint density at radius 2 is 1.95 bits per heavy atom. The topological polar surface area (TPSA) is 76.2 Å². The van der Waals surface area contributed by atoms with Crippen molar-refractivity contribution in [3.05, 3.63) is 47.7 Å². The zero-order chi connectivity index (χ0) is 15.6. The van der Waals surface area contributed by atoms with Crippen LogP contribution in [0.4, 0.5) is 19.0 Å². The van der Waals surface area contributed by atoms with Gasteiger partial charge < -0.3 is 10.8 Å². The Hall–Kier alpha value is -2.57. The van der Waals surface area contributed by atoms with Crippen molar-refractivity contribution in [2.45, 2.75) is 12.6 Å². The highest BCUT2D eigenvalue weighted by molar-refractivity contribution is 5.75. The first-order valence-corrected chi connectivity index (χ1v) is 5.92. The fraction of sp³-hybridized carbons (Fsp3) is 0.143. The van der Waals surface area contributed by atoms with Crippen LogP contribution in [-0.4, -0.2) is 16.1 Å². The van der Waals surface area contributed by atoms with E-state index in [4.69, 9.17) is 10.8 Å². The summed E-state index contributed by atoms with van der Waals surface area (Å²) in [5.74, 6) is -1.07. The molecule has 0 spiro atoms. The van der Waals surface area contributed by atoms with E-state index in [1.807, 2.05) is 0 Å². The largest absolute Gasteiger partial charge is 0.481 e. The van der Waals surface area contributed by atoms with Gasteiger partial charge in [-0.05, 0) is 29.8 Å². The Labute approximate surface area is 118 Å². The fourth-order valence-corrected chi connectivity index (χ4v) is 1.88. The fourth-order valence-electron chi connectivity index (χ4n) is 1.88. The third kappa shape index (κ3) is 3.50. The number of aromatic nitrogens is 1. The number of carboxylic acid groups (broad SMARTS) is 1. The summed E-state index contributed by atoms with van der Waals surface area (Å²) in [5, 5.41) is 8.66. The Balaban J connectivity index is 2.41. The van der Waals surface area contributed by atoms with Crippen molar-refractivity contribution in [3.8, 4) is 11.1 Å². The highest BCUT2D eigenvalue weighted by Crippen LogP contribution is 2.33. The van der Waals surface area contributed by atoms with Gasteiger partial charge in [0.2, 0.25) is 0 Å². The average molecular weight is 296 g/mol. The Morgan fingerprint density at radius 3 is 2.52 bits per heavy atom. The first kappa shape index (κ1) is 14.8. The van der Waals surface area contributed by atoms with Crippen LogP contribution in [0.1, 0.15) is 11.3 Å². The number of benzene rings is 1. The third-order valence-electron chi connectivity index (χ3n) is 2.82. The summed E-state index contributed by atoms with van der Waals surface area (Å²) in [5.41, 5.74) is 5.77. The molecular weight excluding hydrogens is 285 g/mol. The van der Waals surface area contributed by atoms with E-state index in [-0.39, 0.29) is 23.5 Å². The van der Waals surface area contributed by atoms with E-state index in [9.17, 15) is 18.0 Å². The van der Waals surface area contributed by atoms with Crippen LogP contribution >= 0.6 is 0 Å². The van der Waals surface area contributed by atoms with Crippen LogP contribution in [0.5, 0.6) is 0 Å². The molecule has 0 amide bonds. The van der Waals surface area contributed by atoms with E-state index in [1.165, 1.54) is 24.3 Å². The maximum atomic E-state index is 12.7. The standard InChI is InChI=1S/C14H11F3N2O2/c15-14(16,17)9-3-1-2-8(6-9)11-5-4-10(7-12(20)21)19-13(11)18/h1-6H,7H2,(H2,18,19)(H,20,21). The van der Waals surface area contributed by atoms with Gasteiger partial charge in [0.05, 0.1) is 17.7 Å². The predicted molar refractivity (Wildman–Crippen MR) is 70.4 cm³/mol. The number of halogens is 3. The number of nitrogen functional groups attached to an aromatic ring is 1. The first-order chi connectivity index (χ1) is 9.77. The number of carbonyl (C=O) groups is 1. The molecule has 0 aliphatic rings. The molecule has 1 aromatic heterocycles. The number of nitrogens with two attached hydrogens (primary N) is 1. The molecule has 0 aliphatic carbocycles. The zero-order valence-electron chi connectivity index (χ0n) is 10.7. The number of alkyl halides is 3. The van der Waals surface area contributed by atoms with Gasteiger partial charge in [0, 0.05) is 5.56 Å². The Morgan fingerprint density at radius 1 is 1.24 bits per heavy atom. The lowest BCUT2D eigenvalue weighted by atomic mass is 10.0. The number of hydrogen-bond acceptors (Lipinski definition) is 3. The number of carboxylic acids is 1. The van der Waals surface area contributed by atoms with Crippen molar-refractivity contribution in [3.63, 3.8) is 0 Å². The number of hydrogen-bond donors (Lipinski definition) is 2. The normalized spacial score (nSPS) is 11.4. The van der Waals surface area contributed by atoms with Gasteiger partial charge in [-0.3, -0.25) is 4.79 Å². The van der Waals surface area contributed by atoms with E-state index in [2.05, 4.69) is 4.98 Å². The minimum absolute atomic E-state index is 0.00641. The lowest BCUT2D eigenvalue weighted by molar-refractivity contribution is -0.138. The maximum Gasteiger partial charge on any atom is 0.416 e. The summed E-state index contributed by atoms with van der Waals surface area (Å²) in [6, 6.07) is 7.61. The van der Waals surface area contributed by atoms with Crippen molar-refractivity contribution in [1.29, 1.82) is 0 Å². The SMILES string of the molecule is Nc1nc(CC(=O)O)ccc1-c1cccc(C(F)(F)F)c1. The molecule has 3 N–H and O–H groups in total. The van der Waals surface area contributed by atoms with Crippen LogP contribution in [0, 0.1) is 0 Å². The van der Waals surface area contributed by atoms with Gasteiger partial charge in [-0.1, -0.05) is 12.1 Å². The maximum absolute atomic E-state index is 12.7. The summed E-state index contributed by atoms with van der Waals surface area (Å²) in [4.78, 5) is 14.5. The number of pyridine rings is 1. The zero-order valence-corrected chi connectivity index (χ0v) is 10.7. The number of anilines is 1. The second-order valence-corrected chi connectivity index (χ2v) is 4.38. The van der Waals surface area contributed by atoms with Crippen molar-refractivity contribution in [1.82, 2.24) is 4.98 Å². The third-order valence-corrected chi connectivity index (χ3v) is 2.82. The minimum atomic E-state index is -4.44. The van der Waals surface area contributed by atoms with Gasteiger partial charge in [-0.25, -0.2) is 4.98 Å². The molecule has 110 valence electrons. The summed E-state index contributed by atoms with van der Waals surface area (Å²) in [7, 11) is 0. The van der Waals surface area contributed by atoms with E-state index in [0.717, 1.165) is 12.1 Å². The molecule has 0 saturated heterocycles. The molecule has 1 aromatic carbocycles. The van der Waals surface area contributed by atoms with Crippen LogP contribution in [0.3, 0.4) is 0 Å². The highest BCUT2D eigenvalue weighted by atomic mass is 19.4. The van der Waals surface area contributed by atoms with Crippen LogP contribution in [0.25, 0.3) is 11.1 Å². The van der Waals surface area contributed by atoms with Gasteiger partial charge in [-0.2, -0.15) is 13.2 Å². The summed E-state index contributed by atoms with van der Waals surface area (Å²) >= 11 is 0. The second kappa shape index (κ2) is 5.43. The molecule has 0 aliphatic heterocycles. The van der Waals surface area contributed by atoms with Gasteiger partial charge in [0.15, 0.2) is 0 Å². The monoisotopic (exact) mass is 296 g/mol. The van der Waals surface area contributed by atoms with E-state index in [0.29, 0.717) is 5.56 Å². The molecule has 4 nitrogen and oxygen atoms in total. The van der Waals surface area contributed by atoms with E-state index in [1.54, 1.807) is 0 Å². The molecular formula is C14H11F3N2O2. The van der Waals surface area contributed by atoms with Crippen LogP contribution in [0.15, 0.2) is 36.4 Å². The number of aliphatic carboxylic acids is 1. The molecule has 21 heavy (non-hydrogen) atoms. The molecule has 0 bridgehead atoms. The highest BCUT2D eigenvalue weighted by Gasteiger charge is 2.30. The molecule has 0 atom stereocenters. The Kier molecular flexibility index (Phi) is 3.84. The lowest BCUT2D eigenvalue weighted by Crippen LogP contribution is -2.06. The van der Waals surface area contributed by atoms with Gasteiger partial charge in [0.25, 0.3) is 0 Å². The molecule has 0 saturated carbocycles. The van der Waals surface area contributed by atoms with Crippen LogP contribution < -0.4 is 5.73 Å². The van der Waals surface area contributed by atoms with Gasteiger partial charge in [0.1, 0.15) is 5.82 Å². The number of rotatable bonds is 3. The lowest BCUT2D eigenvalue weighted by Gasteiger charge is -2.10. The van der Waals surface area contributed by atoms with Crippen LogP contribution in [0.2, 0.25) is 0 Å². The average Bonchev–Trinajstić information content (AvgIpc) is 2.37. The van der Waals surface area contributed by atoms with E-state index < -0.39 is 17.7 Å². The molecule has 0 unspecified atom stereocenters. The number of nitrogens with zero attached hydrogens (tertiary/aromatic N) is 1.